The lowest BCUT2D eigenvalue weighted by Crippen LogP contribution is -1.92. The SMILES string of the molecule is C(#Cc1c2ccccc2c(C#Cc2ccccc2)c2cc3ccccc3cc12)C1=CC=CCC1.C(#Cc1c2ccccc2c(C#Cc2ccccc2)c2ccccc12)c1ccccc1. The minimum atomic E-state index is 1.00. The number of hydrogen-bond acceptors (Lipinski definition) is 0. The van der Waals surface area contributed by atoms with E-state index < -0.39 is 0 Å². The molecule has 0 saturated carbocycles. The van der Waals surface area contributed by atoms with E-state index >= 15 is 0 Å². The molecule has 0 N–H and O–H groups in total. The van der Waals surface area contributed by atoms with E-state index in [4.69, 9.17) is 0 Å². The minimum absolute atomic E-state index is 1.00. The molecule has 0 fully saturated rings. The molecule has 1 aliphatic rings. The zero-order valence-corrected chi connectivity index (χ0v) is 35.2. The Bertz CT molecular complexity index is 3540. The van der Waals surface area contributed by atoms with Crippen molar-refractivity contribution in [3.8, 4) is 47.4 Å². The van der Waals surface area contributed by atoms with Crippen LogP contribution in [0, 0.1) is 47.4 Å². The van der Waals surface area contributed by atoms with E-state index in [1.807, 2.05) is 78.9 Å². The van der Waals surface area contributed by atoms with Crippen LogP contribution in [0.15, 0.2) is 224 Å². The first kappa shape index (κ1) is 39.4. The van der Waals surface area contributed by atoms with Gasteiger partial charge in [-0.3, -0.25) is 0 Å². The number of allylic oxidation sites excluding steroid dienone is 4. The van der Waals surface area contributed by atoms with Crippen molar-refractivity contribution in [3.05, 3.63) is 263 Å². The standard InChI is InChI=1S/C34H22.C30H18/c1-3-11-25(12-4-1)19-21-31-29-17-9-10-18-30(29)32(22-20-26-13-5-2-6-14-26)34-24-28-16-8-7-15-27(28)23-33(31)34;1-3-11-23(12-4-1)19-21-29-25-15-7-9-17-27(25)30(28-18-10-8-16-26(28)29)22-20-24-13-5-2-6-14-24/h1-5,7-13,15-18,23-24H,6,14H2;1-18H. The summed E-state index contributed by atoms with van der Waals surface area (Å²) in [7, 11) is 0. The van der Waals surface area contributed by atoms with E-state index in [-0.39, 0.29) is 0 Å². The third kappa shape index (κ3) is 8.43. The Labute approximate surface area is 375 Å². The van der Waals surface area contributed by atoms with Crippen molar-refractivity contribution in [1.29, 1.82) is 0 Å². The molecule has 0 amide bonds. The van der Waals surface area contributed by atoms with Gasteiger partial charge in [0.1, 0.15) is 0 Å². The molecule has 11 rings (SSSR count). The van der Waals surface area contributed by atoms with Crippen molar-refractivity contribution in [2.45, 2.75) is 12.8 Å². The molecule has 0 heterocycles. The molecular formula is C64H40. The van der Waals surface area contributed by atoms with Gasteiger partial charge in [-0.2, -0.15) is 0 Å². The monoisotopic (exact) mass is 808 g/mol. The summed E-state index contributed by atoms with van der Waals surface area (Å²) < 4.78 is 0. The number of rotatable bonds is 0. The van der Waals surface area contributed by atoms with E-state index in [1.54, 1.807) is 0 Å². The highest BCUT2D eigenvalue weighted by molar-refractivity contribution is 6.14. The van der Waals surface area contributed by atoms with Crippen molar-refractivity contribution < 1.29 is 0 Å². The van der Waals surface area contributed by atoms with Gasteiger partial charge in [-0.15, -0.1) is 0 Å². The summed E-state index contributed by atoms with van der Waals surface area (Å²) in [4.78, 5) is 0. The highest BCUT2D eigenvalue weighted by atomic mass is 14.2. The van der Waals surface area contributed by atoms with Crippen LogP contribution in [-0.2, 0) is 0 Å². The van der Waals surface area contributed by atoms with Crippen LogP contribution in [0.3, 0.4) is 0 Å². The fourth-order valence-electron chi connectivity index (χ4n) is 8.35. The second-order valence-electron chi connectivity index (χ2n) is 15.6. The quantitative estimate of drug-likeness (QED) is 0.106. The lowest BCUT2D eigenvalue weighted by atomic mass is 9.90. The molecule has 0 aromatic heterocycles. The maximum Gasteiger partial charge on any atom is 0.0407 e. The first-order valence-corrected chi connectivity index (χ1v) is 21.7. The van der Waals surface area contributed by atoms with Gasteiger partial charge in [-0.25, -0.2) is 0 Å². The Morgan fingerprint density at radius 2 is 0.594 bits per heavy atom. The topological polar surface area (TPSA) is 0 Å². The van der Waals surface area contributed by atoms with E-state index in [0.29, 0.717) is 0 Å². The maximum absolute atomic E-state index is 3.57. The van der Waals surface area contributed by atoms with Gasteiger partial charge in [0.25, 0.3) is 0 Å². The van der Waals surface area contributed by atoms with Crippen molar-refractivity contribution in [1.82, 2.24) is 0 Å². The summed E-state index contributed by atoms with van der Waals surface area (Å²) in [6.07, 6.45) is 8.50. The van der Waals surface area contributed by atoms with Gasteiger partial charge in [0, 0.05) is 44.5 Å². The van der Waals surface area contributed by atoms with Crippen molar-refractivity contribution >= 4 is 53.9 Å². The minimum Gasteiger partial charge on any atom is -0.0842 e. The first-order valence-electron chi connectivity index (χ1n) is 21.7. The van der Waals surface area contributed by atoms with Gasteiger partial charge < -0.3 is 0 Å². The predicted molar refractivity (Wildman–Crippen MR) is 271 cm³/mol. The highest BCUT2D eigenvalue weighted by Gasteiger charge is 2.14. The Kier molecular flexibility index (Phi) is 11.4. The summed E-state index contributed by atoms with van der Waals surface area (Å²) >= 11 is 0. The summed E-state index contributed by atoms with van der Waals surface area (Å²) in [6, 6.07) is 68.9. The average Bonchev–Trinajstić information content (AvgIpc) is 3.37. The van der Waals surface area contributed by atoms with Crippen LogP contribution in [0.2, 0.25) is 0 Å². The molecule has 10 aromatic carbocycles. The summed E-state index contributed by atoms with van der Waals surface area (Å²) in [6.45, 7) is 0. The fraction of sp³-hybridized carbons (Fsp3) is 0.0312. The van der Waals surface area contributed by atoms with Crippen LogP contribution in [0.4, 0.5) is 0 Å². The molecule has 296 valence electrons. The molecule has 10 aromatic rings. The molecule has 0 spiro atoms. The number of hydrogen-bond donors (Lipinski definition) is 0. The second kappa shape index (κ2) is 18.5. The molecule has 0 heteroatoms. The van der Waals surface area contributed by atoms with Gasteiger partial charge >= 0.3 is 0 Å². The predicted octanol–water partition coefficient (Wildman–Crippen LogP) is 15.0. The molecule has 0 unspecified atom stereocenters. The van der Waals surface area contributed by atoms with Crippen LogP contribution in [-0.4, -0.2) is 0 Å². The Morgan fingerprint density at radius 3 is 0.938 bits per heavy atom. The zero-order chi connectivity index (χ0) is 42.9. The summed E-state index contributed by atoms with van der Waals surface area (Å²) in [5.74, 6) is 27.5. The fourth-order valence-corrected chi connectivity index (χ4v) is 8.35. The maximum atomic E-state index is 3.57. The molecule has 64 heavy (non-hydrogen) atoms. The van der Waals surface area contributed by atoms with Gasteiger partial charge in [0.15, 0.2) is 0 Å². The lowest BCUT2D eigenvalue weighted by Gasteiger charge is -2.12. The molecule has 0 saturated heterocycles. The highest BCUT2D eigenvalue weighted by Crippen LogP contribution is 2.36. The Morgan fingerprint density at radius 1 is 0.281 bits per heavy atom. The van der Waals surface area contributed by atoms with E-state index in [9.17, 15) is 0 Å². The van der Waals surface area contributed by atoms with Crippen LogP contribution in [0.1, 0.15) is 51.8 Å². The van der Waals surface area contributed by atoms with Crippen molar-refractivity contribution in [3.63, 3.8) is 0 Å². The van der Waals surface area contributed by atoms with Gasteiger partial charge in [-0.1, -0.05) is 217 Å². The third-order valence-corrected chi connectivity index (χ3v) is 11.5. The molecule has 0 bridgehead atoms. The van der Waals surface area contributed by atoms with Crippen LogP contribution < -0.4 is 0 Å². The van der Waals surface area contributed by atoms with Crippen LogP contribution in [0.25, 0.3) is 53.9 Å². The zero-order valence-electron chi connectivity index (χ0n) is 35.2. The largest absolute Gasteiger partial charge is 0.0842 e. The van der Waals surface area contributed by atoms with E-state index in [0.717, 1.165) is 94.9 Å². The molecule has 0 aliphatic heterocycles. The average molecular weight is 809 g/mol. The molecule has 0 atom stereocenters. The number of fused-ring (bicyclic) bond motifs is 5. The van der Waals surface area contributed by atoms with Crippen LogP contribution in [0.5, 0.6) is 0 Å². The Balaban J connectivity index is 0.000000153. The summed E-state index contributed by atoms with van der Waals surface area (Å²) in [5, 5.41) is 11.6. The van der Waals surface area contributed by atoms with Gasteiger partial charge in [0.05, 0.1) is 0 Å². The number of benzene rings is 10. The van der Waals surface area contributed by atoms with Crippen molar-refractivity contribution in [2.75, 3.05) is 0 Å². The molecular weight excluding hydrogens is 769 g/mol. The Hall–Kier alpha value is -8.78. The molecule has 0 radical (unpaired) electrons. The molecule has 0 nitrogen and oxygen atoms in total. The summed E-state index contributed by atoms with van der Waals surface area (Å²) in [5.41, 5.74) is 8.47. The lowest BCUT2D eigenvalue weighted by molar-refractivity contribution is 1.000. The van der Waals surface area contributed by atoms with Crippen molar-refractivity contribution in [2.24, 2.45) is 0 Å². The van der Waals surface area contributed by atoms with Gasteiger partial charge in [-0.05, 0) is 115 Å². The van der Waals surface area contributed by atoms with Gasteiger partial charge in [0.2, 0.25) is 0 Å². The van der Waals surface area contributed by atoms with E-state index in [1.165, 1.54) is 16.3 Å². The normalized spacial score (nSPS) is 11.5. The second-order valence-corrected chi connectivity index (χ2v) is 15.6. The van der Waals surface area contributed by atoms with Crippen LogP contribution >= 0.6 is 0 Å². The van der Waals surface area contributed by atoms with E-state index in [2.05, 4.69) is 187 Å². The first-order chi connectivity index (χ1) is 31.8. The molecule has 1 aliphatic carbocycles. The third-order valence-electron chi connectivity index (χ3n) is 11.5. The smallest absolute Gasteiger partial charge is 0.0407 e.